The second-order valence-electron chi connectivity index (χ2n) is 13.4. The molecule has 51 heavy (non-hydrogen) atoms. The fourth-order valence-electron chi connectivity index (χ4n) is 8.39. The molecule has 0 fully saturated rings. The van der Waals surface area contributed by atoms with Crippen LogP contribution in [0.25, 0.3) is 76.2 Å². The van der Waals surface area contributed by atoms with Crippen molar-refractivity contribution in [3.8, 4) is 0 Å². The van der Waals surface area contributed by atoms with Crippen LogP contribution in [0.4, 0.5) is 17.1 Å². The number of para-hydroxylation sites is 4. The molecule has 8 aromatic carbocycles. The standard InChI is InChI=1S/C48H31N3/c1-3-13-34(14-4-1)49(35-15-5-2-6-16-35)36-29-37-31-38(30-36)51-46-22-12-10-20-42(46)44-26-24-33(28-48(44)51)40-18-8-7-17-39(40)32-23-25-43-41-19-9-11-21-45(41)50(37)47(43)27-32/h1-31H. The summed E-state index contributed by atoms with van der Waals surface area (Å²) in [5.74, 6) is 0. The topological polar surface area (TPSA) is 12.1 Å². The molecule has 11 rings (SSSR count). The molecule has 0 aliphatic heterocycles. The van der Waals surface area contributed by atoms with Gasteiger partial charge < -0.3 is 13.7 Å². The maximum Gasteiger partial charge on any atom is 0.0547 e. The van der Waals surface area contributed by atoms with Crippen LogP contribution in [0, 0.1) is 0 Å². The fraction of sp³-hybridized carbons (Fsp3) is 0. The third-order valence-electron chi connectivity index (χ3n) is 10.6. The summed E-state index contributed by atoms with van der Waals surface area (Å²) < 4.78 is 4.93. The first kappa shape index (κ1) is 28.0. The van der Waals surface area contributed by atoms with Gasteiger partial charge in [-0.15, -0.1) is 0 Å². The Morgan fingerprint density at radius 2 is 0.667 bits per heavy atom. The second-order valence-corrected chi connectivity index (χ2v) is 13.4. The number of benzene rings is 8. The zero-order chi connectivity index (χ0) is 33.5. The Bertz CT molecular complexity index is 2980. The number of nitrogens with zero attached hydrogens (tertiary/aromatic N) is 3. The summed E-state index contributed by atoms with van der Waals surface area (Å²) in [5.41, 5.74) is 10.3. The van der Waals surface area contributed by atoms with Crippen molar-refractivity contribution < 1.29 is 0 Å². The molecule has 0 aliphatic carbocycles. The average molecular weight is 650 g/mol. The normalized spacial score (nSPS) is 11.9. The van der Waals surface area contributed by atoms with Gasteiger partial charge in [0.15, 0.2) is 0 Å². The molecule has 0 saturated carbocycles. The zero-order valence-corrected chi connectivity index (χ0v) is 27.7. The Balaban J connectivity index is 1.45. The number of aromatic nitrogens is 2. The van der Waals surface area contributed by atoms with Gasteiger partial charge in [-0.05, 0) is 88.3 Å². The molecule has 3 heteroatoms. The molecule has 0 amide bonds. The molecular formula is C48H31N3. The van der Waals surface area contributed by atoms with E-state index in [1.54, 1.807) is 0 Å². The van der Waals surface area contributed by atoms with Gasteiger partial charge in [0.1, 0.15) is 0 Å². The van der Waals surface area contributed by atoms with E-state index in [0.717, 1.165) is 28.1 Å². The molecule has 238 valence electrons. The summed E-state index contributed by atoms with van der Waals surface area (Å²) in [5, 5.41) is 9.83. The van der Waals surface area contributed by atoms with E-state index in [2.05, 4.69) is 202 Å². The summed E-state index contributed by atoms with van der Waals surface area (Å²) in [4.78, 5) is 2.37. The van der Waals surface area contributed by atoms with Crippen molar-refractivity contribution in [3.05, 3.63) is 188 Å². The van der Waals surface area contributed by atoms with Gasteiger partial charge in [-0.3, -0.25) is 0 Å². The minimum Gasteiger partial charge on any atom is -0.310 e. The van der Waals surface area contributed by atoms with Crippen molar-refractivity contribution in [1.29, 1.82) is 0 Å². The van der Waals surface area contributed by atoms with E-state index < -0.39 is 0 Å². The predicted molar refractivity (Wildman–Crippen MR) is 217 cm³/mol. The molecule has 0 spiro atoms. The Kier molecular flexibility index (Phi) is 5.96. The molecule has 0 saturated heterocycles. The van der Waals surface area contributed by atoms with Crippen LogP contribution in [0.2, 0.25) is 0 Å². The van der Waals surface area contributed by atoms with Gasteiger partial charge in [0.2, 0.25) is 0 Å². The Labute approximate surface area is 294 Å². The van der Waals surface area contributed by atoms with E-state index in [4.69, 9.17) is 0 Å². The highest BCUT2D eigenvalue weighted by atomic mass is 15.1. The number of hydrogen-bond acceptors (Lipinski definition) is 1. The Morgan fingerprint density at radius 1 is 0.275 bits per heavy atom. The quantitative estimate of drug-likeness (QED) is 0.185. The van der Waals surface area contributed by atoms with E-state index in [0.29, 0.717) is 0 Å². The molecule has 0 aliphatic rings. The number of anilines is 3. The highest BCUT2D eigenvalue weighted by Crippen LogP contribution is 2.40. The molecule has 0 N–H and O–H groups in total. The maximum absolute atomic E-state index is 2.47. The molecule has 11 aromatic rings. The number of rotatable bonds is 3. The first-order valence-corrected chi connectivity index (χ1v) is 17.5. The van der Waals surface area contributed by atoms with Crippen molar-refractivity contribution in [3.63, 3.8) is 0 Å². The third-order valence-corrected chi connectivity index (χ3v) is 10.6. The summed E-state index contributed by atoms with van der Waals surface area (Å²) in [6, 6.07) is 68.9. The van der Waals surface area contributed by atoms with Gasteiger partial charge >= 0.3 is 0 Å². The Hall–Kier alpha value is -6.84. The van der Waals surface area contributed by atoms with Crippen molar-refractivity contribution in [1.82, 2.24) is 8.80 Å². The Morgan fingerprint density at radius 3 is 1.14 bits per heavy atom. The first-order valence-electron chi connectivity index (χ1n) is 17.5. The smallest absolute Gasteiger partial charge is 0.0547 e. The van der Waals surface area contributed by atoms with E-state index in [-0.39, 0.29) is 0 Å². The summed E-state index contributed by atoms with van der Waals surface area (Å²) in [7, 11) is 0. The SMILES string of the molecule is c1ccc(N(c2ccccc2)c2cc3cc(c2)n2c4ccccc4c4ccc(cc42)c2ccccc2c2ccc4c5ccccc5n3c4c2)cc1. The van der Waals surface area contributed by atoms with Crippen molar-refractivity contribution >= 4 is 93.3 Å². The molecule has 0 unspecified atom stereocenters. The lowest BCUT2D eigenvalue weighted by atomic mass is 10.0. The molecule has 3 nitrogen and oxygen atoms in total. The molecule has 3 heterocycles. The molecule has 3 aromatic heterocycles. The minimum atomic E-state index is 1.09. The summed E-state index contributed by atoms with van der Waals surface area (Å²) in [6.45, 7) is 0. The molecule has 0 atom stereocenters. The lowest BCUT2D eigenvalue weighted by Gasteiger charge is -2.26. The predicted octanol–water partition coefficient (Wildman–Crippen LogP) is 13.1. The minimum absolute atomic E-state index is 1.09. The highest BCUT2D eigenvalue weighted by Gasteiger charge is 2.17. The van der Waals surface area contributed by atoms with Crippen LogP contribution in [0.5, 0.6) is 0 Å². The van der Waals surface area contributed by atoms with E-state index in [1.807, 2.05) is 0 Å². The second kappa shape index (κ2) is 10.8. The monoisotopic (exact) mass is 649 g/mol. The largest absolute Gasteiger partial charge is 0.310 e. The molecule has 6 bridgehead atoms. The van der Waals surface area contributed by atoms with Crippen molar-refractivity contribution in [2.24, 2.45) is 0 Å². The van der Waals surface area contributed by atoms with Crippen LogP contribution in [-0.4, -0.2) is 8.80 Å². The van der Waals surface area contributed by atoms with Crippen LogP contribution in [-0.2, 0) is 0 Å². The molecule has 0 radical (unpaired) electrons. The van der Waals surface area contributed by atoms with Gasteiger partial charge in [0.25, 0.3) is 0 Å². The van der Waals surface area contributed by atoms with E-state index in [1.165, 1.54) is 65.2 Å². The van der Waals surface area contributed by atoms with Crippen molar-refractivity contribution in [2.45, 2.75) is 0 Å². The van der Waals surface area contributed by atoms with Crippen LogP contribution in [0.15, 0.2) is 188 Å². The summed E-state index contributed by atoms with van der Waals surface area (Å²) in [6.07, 6.45) is 0. The van der Waals surface area contributed by atoms with Crippen molar-refractivity contribution in [2.75, 3.05) is 4.90 Å². The number of hydrogen-bond donors (Lipinski definition) is 0. The lowest BCUT2D eigenvalue weighted by molar-refractivity contribution is 1.26. The average Bonchev–Trinajstić information content (AvgIpc) is 3.70. The van der Waals surface area contributed by atoms with E-state index >= 15 is 0 Å². The maximum atomic E-state index is 2.47. The number of fused-ring (bicyclic) bond motifs is 15. The first-order chi connectivity index (χ1) is 25.3. The fourth-order valence-corrected chi connectivity index (χ4v) is 8.39. The van der Waals surface area contributed by atoms with Crippen LogP contribution >= 0.6 is 0 Å². The molecular weight excluding hydrogens is 619 g/mol. The third kappa shape index (κ3) is 4.19. The van der Waals surface area contributed by atoms with Gasteiger partial charge in [0.05, 0.1) is 38.8 Å². The lowest BCUT2D eigenvalue weighted by Crippen LogP contribution is -2.10. The van der Waals surface area contributed by atoms with Gasteiger partial charge in [-0.25, -0.2) is 0 Å². The van der Waals surface area contributed by atoms with E-state index in [9.17, 15) is 0 Å². The van der Waals surface area contributed by atoms with Gasteiger partial charge in [-0.1, -0.05) is 121 Å². The zero-order valence-electron chi connectivity index (χ0n) is 27.7. The van der Waals surface area contributed by atoms with Crippen LogP contribution in [0.1, 0.15) is 0 Å². The van der Waals surface area contributed by atoms with Crippen LogP contribution in [0.3, 0.4) is 0 Å². The van der Waals surface area contributed by atoms with Gasteiger partial charge in [0, 0.05) is 32.9 Å². The van der Waals surface area contributed by atoms with Crippen LogP contribution < -0.4 is 4.90 Å². The summed E-state index contributed by atoms with van der Waals surface area (Å²) >= 11 is 0. The highest BCUT2D eigenvalue weighted by molar-refractivity contribution is 6.16. The van der Waals surface area contributed by atoms with Gasteiger partial charge in [-0.2, -0.15) is 0 Å².